The van der Waals surface area contributed by atoms with E-state index in [1.54, 1.807) is 0 Å². The molecule has 0 N–H and O–H groups in total. The minimum absolute atomic E-state index is 0.0596. The number of thiophene rings is 1. The van der Waals surface area contributed by atoms with Gasteiger partial charge in [-0.1, -0.05) is 136 Å². The number of nitrogens with zero attached hydrogens (tertiary/aromatic N) is 1. The van der Waals surface area contributed by atoms with Crippen LogP contribution >= 0.6 is 11.3 Å². The van der Waals surface area contributed by atoms with Crippen LogP contribution in [0.25, 0.3) is 86.2 Å². The number of anilines is 3. The van der Waals surface area contributed by atoms with Crippen molar-refractivity contribution in [3.8, 4) is 44.5 Å². The zero-order valence-electron chi connectivity index (χ0n) is 31.7. The van der Waals surface area contributed by atoms with E-state index >= 15 is 0 Å². The Morgan fingerprint density at radius 3 is 1.66 bits per heavy atom. The van der Waals surface area contributed by atoms with E-state index in [-0.39, 0.29) is 5.41 Å². The summed E-state index contributed by atoms with van der Waals surface area (Å²) < 4.78 is 2.62. The smallest absolute Gasteiger partial charge is 0.0554 e. The molecule has 0 saturated carbocycles. The topological polar surface area (TPSA) is 3.24 Å². The molecule has 1 aliphatic carbocycles. The van der Waals surface area contributed by atoms with Crippen LogP contribution in [0.2, 0.25) is 0 Å². The first-order valence-corrected chi connectivity index (χ1v) is 20.3. The van der Waals surface area contributed by atoms with Crippen molar-refractivity contribution in [3.63, 3.8) is 0 Å². The van der Waals surface area contributed by atoms with Gasteiger partial charge in [-0.2, -0.15) is 0 Å². The van der Waals surface area contributed by atoms with Crippen LogP contribution in [0.4, 0.5) is 17.1 Å². The quantitative estimate of drug-likeness (QED) is 0.170. The van der Waals surface area contributed by atoms with Crippen molar-refractivity contribution in [2.75, 3.05) is 4.90 Å². The SMILES string of the molecule is CC(C)(C)c1ccc(N(c2ccc3cc4c(cc3c2)-c2cc3cc(-c5ccccc5)ccc3cc2-4)c2ccc3c(sc4ccccc43)c2-c2ccccc2)cc1. The summed E-state index contributed by atoms with van der Waals surface area (Å²) in [6.45, 7) is 6.85. The van der Waals surface area contributed by atoms with Gasteiger partial charge in [0, 0.05) is 37.1 Å². The molecule has 1 nitrogen and oxygen atoms in total. The van der Waals surface area contributed by atoms with Crippen molar-refractivity contribution in [3.05, 3.63) is 188 Å². The molecule has 0 fully saturated rings. The second kappa shape index (κ2) is 12.5. The summed E-state index contributed by atoms with van der Waals surface area (Å²) in [5.74, 6) is 0. The van der Waals surface area contributed by atoms with Crippen molar-refractivity contribution in [1.82, 2.24) is 0 Å². The molecule has 1 heterocycles. The molecule has 1 aliphatic rings. The fraction of sp³-hybridized carbons (Fsp3) is 0.0741. The lowest BCUT2D eigenvalue weighted by molar-refractivity contribution is 0.590. The molecular formula is C54H39NS. The Morgan fingerprint density at radius 1 is 0.411 bits per heavy atom. The van der Waals surface area contributed by atoms with E-state index in [1.807, 2.05) is 11.3 Å². The molecule has 0 atom stereocenters. The number of hydrogen-bond donors (Lipinski definition) is 0. The Hall–Kier alpha value is -6.48. The summed E-state index contributed by atoms with van der Waals surface area (Å²) >= 11 is 1.89. The minimum Gasteiger partial charge on any atom is -0.310 e. The van der Waals surface area contributed by atoms with Crippen molar-refractivity contribution >= 4 is 70.1 Å². The molecule has 9 aromatic carbocycles. The summed E-state index contributed by atoms with van der Waals surface area (Å²) in [7, 11) is 0. The maximum atomic E-state index is 2.48. The van der Waals surface area contributed by atoms with Gasteiger partial charge < -0.3 is 4.90 Å². The third kappa shape index (κ3) is 5.28. The van der Waals surface area contributed by atoms with Crippen LogP contribution in [-0.4, -0.2) is 0 Å². The fourth-order valence-electron chi connectivity index (χ4n) is 8.75. The van der Waals surface area contributed by atoms with Crippen LogP contribution in [0.5, 0.6) is 0 Å². The first-order valence-electron chi connectivity index (χ1n) is 19.5. The van der Waals surface area contributed by atoms with Crippen LogP contribution < -0.4 is 4.90 Å². The highest BCUT2D eigenvalue weighted by molar-refractivity contribution is 7.26. The molecule has 0 aliphatic heterocycles. The monoisotopic (exact) mass is 733 g/mol. The molecule has 0 saturated heterocycles. The Bertz CT molecular complexity index is 3150. The fourth-order valence-corrected chi connectivity index (χ4v) is 10.0. The molecule has 0 spiro atoms. The van der Waals surface area contributed by atoms with E-state index in [4.69, 9.17) is 0 Å². The lowest BCUT2D eigenvalue weighted by Crippen LogP contribution is -2.14. The highest BCUT2D eigenvalue weighted by atomic mass is 32.1. The molecule has 0 radical (unpaired) electrons. The van der Waals surface area contributed by atoms with Crippen LogP contribution in [0.1, 0.15) is 26.3 Å². The Balaban J connectivity index is 1.09. The van der Waals surface area contributed by atoms with Gasteiger partial charge in [-0.15, -0.1) is 11.3 Å². The Kier molecular flexibility index (Phi) is 7.36. The van der Waals surface area contributed by atoms with Crippen LogP contribution in [0, 0.1) is 0 Å². The number of fused-ring (bicyclic) bond motifs is 9. The summed E-state index contributed by atoms with van der Waals surface area (Å²) in [6.07, 6.45) is 0. The highest BCUT2D eigenvalue weighted by Crippen LogP contribution is 2.52. The largest absolute Gasteiger partial charge is 0.310 e. The first-order chi connectivity index (χ1) is 27.4. The van der Waals surface area contributed by atoms with Gasteiger partial charge in [0.1, 0.15) is 0 Å². The van der Waals surface area contributed by atoms with Gasteiger partial charge in [0.25, 0.3) is 0 Å². The average molecular weight is 734 g/mol. The van der Waals surface area contributed by atoms with E-state index in [1.165, 1.54) is 97.5 Å². The molecule has 11 rings (SSSR count). The predicted octanol–water partition coefficient (Wildman–Crippen LogP) is 16.1. The van der Waals surface area contributed by atoms with Gasteiger partial charge in [-0.05, 0) is 138 Å². The van der Waals surface area contributed by atoms with Gasteiger partial charge in [0.05, 0.1) is 5.69 Å². The van der Waals surface area contributed by atoms with Crippen LogP contribution in [0.15, 0.2) is 182 Å². The zero-order chi connectivity index (χ0) is 37.5. The normalized spacial score (nSPS) is 12.2. The lowest BCUT2D eigenvalue weighted by Gasteiger charge is -2.30. The Morgan fingerprint density at radius 2 is 0.982 bits per heavy atom. The summed E-state index contributed by atoms with van der Waals surface area (Å²) in [6, 6.07) is 67.7. The zero-order valence-corrected chi connectivity index (χ0v) is 32.5. The molecule has 10 aromatic rings. The van der Waals surface area contributed by atoms with Gasteiger partial charge in [0.2, 0.25) is 0 Å². The van der Waals surface area contributed by atoms with Crippen LogP contribution in [-0.2, 0) is 5.41 Å². The van der Waals surface area contributed by atoms with E-state index in [2.05, 4.69) is 208 Å². The molecule has 0 unspecified atom stereocenters. The molecule has 266 valence electrons. The molecule has 1 aromatic heterocycles. The molecule has 0 bridgehead atoms. The third-order valence-electron chi connectivity index (χ3n) is 11.7. The van der Waals surface area contributed by atoms with E-state index in [0.29, 0.717) is 0 Å². The number of rotatable bonds is 5. The second-order valence-corrected chi connectivity index (χ2v) is 17.2. The van der Waals surface area contributed by atoms with Gasteiger partial charge >= 0.3 is 0 Å². The third-order valence-corrected chi connectivity index (χ3v) is 12.9. The molecule has 2 heteroatoms. The highest BCUT2D eigenvalue weighted by Gasteiger charge is 2.26. The molecular weight excluding hydrogens is 695 g/mol. The summed E-state index contributed by atoms with van der Waals surface area (Å²) in [5, 5.41) is 7.66. The van der Waals surface area contributed by atoms with Crippen molar-refractivity contribution < 1.29 is 0 Å². The second-order valence-electron chi connectivity index (χ2n) is 16.2. The van der Waals surface area contributed by atoms with Gasteiger partial charge in [-0.25, -0.2) is 0 Å². The predicted molar refractivity (Wildman–Crippen MR) is 243 cm³/mol. The maximum absolute atomic E-state index is 2.48. The van der Waals surface area contributed by atoms with Crippen LogP contribution in [0.3, 0.4) is 0 Å². The van der Waals surface area contributed by atoms with Crippen molar-refractivity contribution in [2.24, 2.45) is 0 Å². The van der Waals surface area contributed by atoms with Gasteiger partial charge in [-0.3, -0.25) is 0 Å². The average Bonchev–Trinajstić information content (AvgIpc) is 3.61. The summed E-state index contributed by atoms with van der Waals surface area (Å²) in [5.41, 5.74) is 15.2. The molecule has 0 amide bonds. The van der Waals surface area contributed by atoms with Crippen molar-refractivity contribution in [1.29, 1.82) is 0 Å². The number of hydrogen-bond acceptors (Lipinski definition) is 2. The summed E-state index contributed by atoms with van der Waals surface area (Å²) in [4.78, 5) is 2.48. The Labute approximate surface area is 331 Å². The minimum atomic E-state index is 0.0596. The lowest BCUT2D eigenvalue weighted by atomic mass is 9.77. The van der Waals surface area contributed by atoms with Crippen molar-refractivity contribution in [2.45, 2.75) is 26.2 Å². The van der Waals surface area contributed by atoms with E-state index in [0.717, 1.165) is 11.4 Å². The maximum Gasteiger partial charge on any atom is 0.0554 e. The number of benzene rings is 9. The first kappa shape index (κ1) is 32.9. The van der Waals surface area contributed by atoms with E-state index in [9.17, 15) is 0 Å². The molecule has 56 heavy (non-hydrogen) atoms. The van der Waals surface area contributed by atoms with Gasteiger partial charge in [0.15, 0.2) is 0 Å². The standard InChI is InChI=1S/C54H39NS/c1-54(2,3)41-21-24-42(25-22-41)55(50-27-26-45-44-16-10-11-17-51(44)56-53(45)52(50)35-14-8-5-9-15-35)43-23-20-38-31-47-46-30-37-19-18-36(34-12-6-4-7-13-34)28-39(37)32-48(46)49(47)33-40(38)29-43/h4-33H,1-3H3. The van der Waals surface area contributed by atoms with E-state index < -0.39 is 0 Å².